The lowest BCUT2D eigenvalue weighted by Gasteiger charge is -2.34. The van der Waals surface area contributed by atoms with E-state index in [4.69, 9.17) is 10.5 Å². The molecule has 2 aromatic rings. The van der Waals surface area contributed by atoms with Gasteiger partial charge in [0, 0.05) is 24.7 Å². The fourth-order valence-electron chi connectivity index (χ4n) is 3.02. The van der Waals surface area contributed by atoms with Crippen LogP contribution in [0.1, 0.15) is 16.7 Å². The van der Waals surface area contributed by atoms with Gasteiger partial charge < -0.3 is 20.5 Å². The summed E-state index contributed by atoms with van der Waals surface area (Å²) >= 11 is 0. The van der Waals surface area contributed by atoms with Crippen LogP contribution in [0.3, 0.4) is 0 Å². The lowest BCUT2D eigenvalue weighted by molar-refractivity contribution is -0.126. The molecule has 1 aliphatic rings. The second-order valence-corrected chi connectivity index (χ2v) is 6.18. The molecule has 1 unspecified atom stereocenters. The number of anilines is 2. The first kappa shape index (κ1) is 16.3. The number of nitrogens with zero attached hydrogens (tertiary/aromatic N) is 1. The van der Waals surface area contributed by atoms with Gasteiger partial charge in [-0.2, -0.15) is 0 Å². The van der Waals surface area contributed by atoms with E-state index in [0.717, 1.165) is 16.7 Å². The Morgan fingerprint density at radius 3 is 2.75 bits per heavy atom. The van der Waals surface area contributed by atoms with Gasteiger partial charge in [-0.05, 0) is 37.1 Å². The summed E-state index contributed by atoms with van der Waals surface area (Å²) in [6.07, 6.45) is -0.131. The van der Waals surface area contributed by atoms with E-state index in [1.807, 2.05) is 13.8 Å². The smallest absolute Gasteiger partial charge is 0.268 e. The van der Waals surface area contributed by atoms with Crippen LogP contribution in [0.15, 0.2) is 36.4 Å². The number of aliphatic hydroxyl groups is 1. The summed E-state index contributed by atoms with van der Waals surface area (Å²) in [6.45, 7) is 4.19. The van der Waals surface area contributed by atoms with Gasteiger partial charge in [-0.1, -0.05) is 23.8 Å². The molecule has 1 heterocycles. The Bertz CT molecular complexity index is 773. The zero-order chi connectivity index (χ0) is 17.3. The minimum atomic E-state index is -0.619. The molecule has 1 amide bonds. The Labute approximate surface area is 141 Å². The van der Waals surface area contributed by atoms with E-state index in [-0.39, 0.29) is 19.1 Å². The molecular weight excluding hydrogens is 304 g/mol. The number of benzene rings is 2. The molecular formula is C19H22N2O3. The molecule has 126 valence electrons. The maximum Gasteiger partial charge on any atom is 0.268 e. The SMILES string of the molecule is Cc1ccc(C)c(CC2Oc3cc(N)ccc3N(CCO)C2=O)c1. The molecule has 0 spiro atoms. The van der Waals surface area contributed by atoms with Crippen LogP contribution in [0, 0.1) is 13.8 Å². The number of carbonyl (C=O) groups is 1. The molecule has 0 bridgehead atoms. The van der Waals surface area contributed by atoms with Crippen molar-refractivity contribution in [3.05, 3.63) is 53.1 Å². The van der Waals surface area contributed by atoms with Crippen LogP contribution in [0.2, 0.25) is 0 Å². The standard InChI is InChI=1S/C19H22N2O3/c1-12-3-4-13(2)14(9-12)10-18-19(23)21(7-8-22)16-6-5-15(20)11-17(16)24-18/h3-6,9,11,18,22H,7-8,10,20H2,1-2H3. The highest BCUT2D eigenvalue weighted by atomic mass is 16.5. The molecule has 0 radical (unpaired) electrons. The fraction of sp³-hybridized carbons (Fsp3) is 0.316. The predicted octanol–water partition coefficient (Wildman–Crippen LogP) is 2.21. The minimum absolute atomic E-state index is 0.105. The molecule has 0 saturated carbocycles. The average Bonchev–Trinajstić information content (AvgIpc) is 2.54. The lowest BCUT2D eigenvalue weighted by Crippen LogP contribution is -2.48. The van der Waals surface area contributed by atoms with E-state index in [1.54, 1.807) is 23.1 Å². The number of amides is 1. The number of aliphatic hydroxyl groups excluding tert-OH is 1. The molecule has 3 rings (SSSR count). The number of carbonyl (C=O) groups excluding carboxylic acids is 1. The van der Waals surface area contributed by atoms with Crippen LogP contribution in [-0.2, 0) is 11.2 Å². The van der Waals surface area contributed by atoms with Crippen molar-refractivity contribution >= 4 is 17.3 Å². The van der Waals surface area contributed by atoms with Gasteiger partial charge in [0.25, 0.3) is 5.91 Å². The summed E-state index contributed by atoms with van der Waals surface area (Å²) in [7, 11) is 0. The van der Waals surface area contributed by atoms with Crippen molar-refractivity contribution in [2.24, 2.45) is 0 Å². The lowest BCUT2D eigenvalue weighted by atomic mass is 9.98. The van der Waals surface area contributed by atoms with Crippen molar-refractivity contribution in [1.29, 1.82) is 0 Å². The van der Waals surface area contributed by atoms with E-state index in [9.17, 15) is 9.90 Å². The molecule has 5 nitrogen and oxygen atoms in total. The molecule has 1 aliphatic heterocycles. The van der Waals surface area contributed by atoms with E-state index < -0.39 is 6.10 Å². The van der Waals surface area contributed by atoms with Crippen molar-refractivity contribution in [1.82, 2.24) is 0 Å². The van der Waals surface area contributed by atoms with Gasteiger partial charge in [-0.3, -0.25) is 4.79 Å². The van der Waals surface area contributed by atoms with Gasteiger partial charge in [-0.25, -0.2) is 0 Å². The topological polar surface area (TPSA) is 75.8 Å². The molecule has 0 aromatic heterocycles. The third-order valence-electron chi connectivity index (χ3n) is 4.32. The molecule has 24 heavy (non-hydrogen) atoms. The number of nitrogens with two attached hydrogens (primary N) is 1. The van der Waals surface area contributed by atoms with E-state index in [0.29, 0.717) is 23.5 Å². The zero-order valence-corrected chi connectivity index (χ0v) is 14.0. The van der Waals surface area contributed by atoms with Crippen LogP contribution in [0.5, 0.6) is 5.75 Å². The number of rotatable bonds is 4. The Balaban J connectivity index is 1.94. The second kappa shape index (κ2) is 6.53. The largest absolute Gasteiger partial charge is 0.478 e. The number of hydrogen-bond acceptors (Lipinski definition) is 4. The molecule has 0 aliphatic carbocycles. The quantitative estimate of drug-likeness (QED) is 0.845. The fourth-order valence-corrected chi connectivity index (χ4v) is 3.02. The molecule has 5 heteroatoms. The number of ether oxygens (including phenoxy) is 1. The number of aryl methyl sites for hydroxylation is 2. The van der Waals surface area contributed by atoms with Crippen molar-refractivity contribution in [3.8, 4) is 5.75 Å². The van der Waals surface area contributed by atoms with Crippen LogP contribution in [0.25, 0.3) is 0 Å². The number of nitrogen functional groups attached to an aromatic ring is 1. The van der Waals surface area contributed by atoms with Crippen molar-refractivity contribution in [2.75, 3.05) is 23.8 Å². The molecule has 1 atom stereocenters. The number of hydrogen-bond donors (Lipinski definition) is 2. The average molecular weight is 326 g/mol. The highest BCUT2D eigenvalue weighted by molar-refractivity contribution is 6.00. The van der Waals surface area contributed by atoms with Crippen LogP contribution in [0.4, 0.5) is 11.4 Å². The minimum Gasteiger partial charge on any atom is -0.478 e. The van der Waals surface area contributed by atoms with E-state index in [1.165, 1.54) is 0 Å². The number of β-amino-alcohol motifs (C(OH)–C–C–N with tert-alkyl or cyclic N) is 1. The van der Waals surface area contributed by atoms with Crippen LogP contribution in [-0.4, -0.2) is 30.3 Å². The Hall–Kier alpha value is -2.53. The van der Waals surface area contributed by atoms with Gasteiger partial charge in [-0.15, -0.1) is 0 Å². The highest BCUT2D eigenvalue weighted by Gasteiger charge is 2.34. The Kier molecular flexibility index (Phi) is 4.44. The Morgan fingerprint density at radius 2 is 2.00 bits per heavy atom. The van der Waals surface area contributed by atoms with E-state index in [2.05, 4.69) is 18.2 Å². The molecule has 0 fully saturated rings. The molecule has 0 saturated heterocycles. The third-order valence-corrected chi connectivity index (χ3v) is 4.32. The van der Waals surface area contributed by atoms with Gasteiger partial charge in [0.05, 0.1) is 12.3 Å². The van der Waals surface area contributed by atoms with Crippen LogP contribution < -0.4 is 15.4 Å². The summed E-state index contributed by atoms with van der Waals surface area (Å²) in [6, 6.07) is 11.4. The summed E-state index contributed by atoms with van der Waals surface area (Å²) < 4.78 is 5.95. The Morgan fingerprint density at radius 1 is 1.21 bits per heavy atom. The summed E-state index contributed by atoms with van der Waals surface area (Å²) in [4.78, 5) is 14.4. The van der Waals surface area contributed by atoms with Crippen molar-refractivity contribution < 1.29 is 14.6 Å². The van der Waals surface area contributed by atoms with Crippen molar-refractivity contribution in [3.63, 3.8) is 0 Å². The first-order valence-corrected chi connectivity index (χ1v) is 8.04. The zero-order valence-electron chi connectivity index (χ0n) is 14.0. The summed E-state index contributed by atoms with van der Waals surface area (Å²) in [5.41, 5.74) is 10.4. The summed E-state index contributed by atoms with van der Waals surface area (Å²) in [5, 5.41) is 9.31. The van der Waals surface area contributed by atoms with Gasteiger partial charge in [0.2, 0.25) is 0 Å². The normalized spacial score (nSPS) is 16.7. The van der Waals surface area contributed by atoms with Crippen molar-refractivity contribution in [2.45, 2.75) is 26.4 Å². The monoisotopic (exact) mass is 326 g/mol. The van der Waals surface area contributed by atoms with Crippen LogP contribution >= 0.6 is 0 Å². The molecule has 2 aromatic carbocycles. The molecule has 3 N–H and O–H groups in total. The third kappa shape index (κ3) is 3.08. The maximum atomic E-state index is 12.8. The second-order valence-electron chi connectivity index (χ2n) is 6.18. The van der Waals surface area contributed by atoms with Gasteiger partial charge >= 0.3 is 0 Å². The van der Waals surface area contributed by atoms with Gasteiger partial charge in [0.1, 0.15) is 5.75 Å². The predicted molar refractivity (Wildman–Crippen MR) is 94.3 cm³/mol. The number of fused-ring (bicyclic) bond motifs is 1. The maximum absolute atomic E-state index is 12.8. The highest BCUT2D eigenvalue weighted by Crippen LogP contribution is 2.36. The first-order valence-electron chi connectivity index (χ1n) is 8.04. The van der Waals surface area contributed by atoms with E-state index >= 15 is 0 Å². The summed E-state index contributed by atoms with van der Waals surface area (Å²) in [5.74, 6) is 0.445. The first-order chi connectivity index (χ1) is 11.5. The van der Waals surface area contributed by atoms with Gasteiger partial charge in [0.15, 0.2) is 6.10 Å².